The fourth-order valence-corrected chi connectivity index (χ4v) is 2.12. The zero-order chi connectivity index (χ0) is 18.2. The van der Waals surface area contributed by atoms with Gasteiger partial charge in [-0.15, -0.1) is 0 Å². The van der Waals surface area contributed by atoms with Crippen LogP contribution in [0.15, 0.2) is 59.6 Å². The molecule has 0 radical (unpaired) electrons. The van der Waals surface area contributed by atoms with Crippen molar-refractivity contribution in [2.45, 2.75) is 19.0 Å². The van der Waals surface area contributed by atoms with Gasteiger partial charge in [0.15, 0.2) is 5.96 Å². The number of aliphatic carboxylic acids is 1. The number of carboxylic acids is 1. The van der Waals surface area contributed by atoms with E-state index in [1.807, 2.05) is 30.3 Å². The zero-order valence-corrected chi connectivity index (χ0v) is 13.6. The van der Waals surface area contributed by atoms with Gasteiger partial charge in [0.2, 0.25) is 0 Å². The van der Waals surface area contributed by atoms with E-state index < -0.39 is 12.0 Å². The molecule has 0 fully saturated rings. The third-order valence-corrected chi connectivity index (χ3v) is 3.51. The van der Waals surface area contributed by atoms with Crippen molar-refractivity contribution in [2.24, 2.45) is 16.5 Å². The predicted molar refractivity (Wildman–Crippen MR) is 95.0 cm³/mol. The second-order valence-electron chi connectivity index (χ2n) is 5.49. The highest BCUT2D eigenvalue weighted by molar-refractivity contribution is 6.05. The van der Waals surface area contributed by atoms with Gasteiger partial charge < -0.3 is 16.6 Å². The number of hydrogen-bond donors (Lipinski definition) is 4. The Morgan fingerprint density at radius 2 is 1.68 bits per heavy atom. The third kappa shape index (κ3) is 5.74. The van der Waals surface area contributed by atoms with Crippen LogP contribution in [0.25, 0.3) is 0 Å². The lowest BCUT2D eigenvalue weighted by atomic mass is 10.0. The molecule has 2 aromatic rings. The summed E-state index contributed by atoms with van der Waals surface area (Å²) >= 11 is 0. The van der Waals surface area contributed by atoms with Crippen LogP contribution in [0.3, 0.4) is 0 Å². The molecule has 0 spiro atoms. The fourth-order valence-electron chi connectivity index (χ4n) is 2.12. The Morgan fingerprint density at radius 1 is 1.04 bits per heavy atom. The SMILES string of the molecule is NC(=NCc1ccccc1)NC(=O)c1ccc(CC(N)C(=O)O)cc1. The van der Waals surface area contributed by atoms with Crippen LogP contribution in [0, 0.1) is 0 Å². The Balaban J connectivity index is 1.92. The van der Waals surface area contributed by atoms with Crippen molar-refractivity contribution in [3.8, 4) is 0 Å². The maximum atomic E-state index is 12.1. The number of carboxylic acid groups (broad SMARTS) is 1. The molecule has 0 aliphatic rings. The van der Waals surface area contributed by atoms with Crippen molar-refractivity contribution in [1.82, 2.24) is 5.32 Å². The van der Waals surface area contributed by atoms with E-state index in [4.69, 9.17) is 16.6 Å². The molecule has 7 heteroatoms. The number of carbonyl (C=O) groups is 2. The molecule has 25 heavy (non-hydrogen) atoms. The van der Waals surface area contributed by atoms with Crippen LogP contribution in [-0.2, 0) is 17.8 Å². The second-order valence-corrected chi connectivity index (χ2v) is 5.49. The molecule has 130 valence electrons. The molecule has 6 N–H and O–H groups in total. The highest BCUT2D eigenvalue weighted by Gasteiger charge is 2.13. The Labute approximate surface area is 145 Å². The minimum Gasteiger partial charge on any atom is -0.480 e. The summed E-state index contributed by atoms with van der Waals surface area (Å²) in [6, 6.07) is 15.1. The van der Waals surface area contributed by atoms with Gasteiger partial charge in [0.05, 0.1) is 6.54 Å². The van der Waals surface area contributed by atoms with E-state index in [2.05, 4.69) is 10.3 Å². The topological polar surface area (TPSA) is 131 Å². The molecule has 0 aliphatic heterocycles. The normalized spacial score (nSPS) is 12.4. The van der Waals surface area contributed by atoms with Crippen LogP contribution in [0.5, 0.6) is 0 Å². The van der Waals surface area contributed by atoms with Crippen LogP contribution < -0.4 is 16.8 Å². The number of amides is 1. The molecule has 0 heterocycles. The third-order valence-electron chi connectivity index (χ3n) is 3.51. The summed E-state index contributed by atoms with van der Waals surface area (Å²) < 4.78 is 0. The molecule has 1 amide bonds. The molecule has 0 aromatic heterocycles. The smallest absolute Gasteiger partial charge is 0.320 e. The number of hydrogen-bond acceptors (Lipinski definition) is 4. The van der Waals surface area contributed by atoms with E-state index in [1.54, 1.807) is 24.3 Å². The molecule has 0 saturated carbocycles. The highest BCUT2D eigenvalue weighted by atomic mass is 16.4. The molecule has 1 unspecified atom stereocenters. The largest absolute Gasteiger partial charge is 0.480 e. The minimum atomic E-state index is -1.07. The average Bonchev–Trinajstić information content (AvgIpc) is 2.61. The van der Waals surface area contributed by atoms with Crippen LogP contribution in [0.1, 0.15) is 21.5 Å². The van der Waals surface area contributed by atoms with Gasteiger partial charge in [0.25, 0.3) is 5.91 Å². The standard InChI is InChI=1S/C18H20N4O3/c19-15(17(24)25)10-12-6-8-14(9-7-12)16(23)22-18(20)21-11-13-4-2-1-3-5-13/h1-9,15H,10-11,19H2,(H,24,25)(H3,20,21,22,23). The lowest BCUT2D eigenvalue weighted by molar-refractivity contribution is -0.138. The number of nitrogens with zero attached hydrogens (tertiary/aromatic N) is 1. The summed E-state index contributed by atoms with van der Waals surface area (Å²) in [5.74, 6) is -1.42. The summed E-state index contributed by atoms with van der Waals surface area (Å²) in [6.45, 7) is 0.374. The van der Waals surface area contributed by atoms with Crippen LogP contribution in [0.4, 0.5) is 0 Å². The first-order chi connectivity index (χ1) is 12.0. The molecule has 7 nitrogen and oxygen atoms in total. The van der Waals surface area contributed by atoms with Gasteiger partial charge >= 0.3 is 5.97 Å². The van der Waals surface area contributed by atoms with Gasteiger partial charge in [-0.2, -0.15) is 0 Å². The van der Waals surface area contributed by atoms with E-state index in [9.17, 15) is 9.59 Å². The molecule has 0 saturated heterocycles. The van der Waals surface area contributed by atoms with Crippen molar-refractivity contribution < 1.29 is 14.7 Å². The molecule has 2 rings (SSSR count). The molecular weight excluding hydrogens is 320 g/mol. The van der Waals surface area contributed by atoms with Gasteiger partial charge in [-0.3, -0.25) is 14.9 Å². The lowest BCUT2D eigenvalue weighted by Crippen LogP contribution is -2.36. The van der Waals surface area contributed by atoms with E-state index in [0.29, 0.717) is 12.1 Å². The average molecular weight is 340 g/mol. The zero-order valence-electron chi connectivity index (χ0n) is 13.6. The van der Waals surface area contributed by atoms with E-state index in [1.165, 1.54) is 0 Å². The van der Waals surface area contributed by atoms with E-state index in [-0.39, 0.29) is 18.3 Å². The first-order valence-electron chi connectivity index (χ1n) is 7.68. The van der Waals surface area contributed by atoms with Crippen molar-refractivity contribution in [3.63, 3.8) is 0 Å². The first kappa shape index (κ1) is 18.2. The number of nitrogens with one attached hydrogen (secondary N) is 1. The molecular formula is C18H20N4O3. The Hall–Kier alpha value is -3.19. The number of carbonyl (C=O) groups excluding carboxylic acids is 1. The van der Waals surface area contributed by atoms with E-state index >= 15 is 0 Å². The van der Waals surface area contributed by atoms with Crippen molar-refractivity contribution in [3.05, 3.63) is 71.3 Å². The number of aliphatic imine (C=N–C) groups is 1. The summed E-state index contributed by atoms with van der Waals surface area (Å²) in [6.07, 6.45) is 0.192. The lowest BCUT2D eigenvalue weighted by Gasteiger charge is -2.08. The summed E-state index contributed by atoms with van der Waals surface area (Å²) in [5, 5.41) is 11.3. The van der Waals surface area contributed by atoms with Crippen LogP contribution in [0.2, 0.25) is 0 Å². The highest BCUT2D eigenvalue weighted by Crippen LogP contribution is 2.07. The minimum absolute atomic E-state index is 0.0332. The number of nitrogens with two attached hydrogens (primary N) is 2. The van der Waals surface area contributed by atoms with Crippen LogP contribution >= 0.6 is 0 Å². The van der Waals surface area contributed by atoms with Gasteiger partial charge in [-0.05, 0) is 29.7 Å². The Bertz CT molecular complexity index is 758. The molecule has 1 atom stereocenters. The first-order valence-corrected chi connectivity index (χ1v) is 7.68. The monoisotopic (exact) mass is 340 g/mol. The Morgan fingerprint density at radius 3 is 2.28 bits per heavy atom. The van der Waals surface area contributed by atoms with Crippen molar-refractivity contribution >= 4 is 17.8 Å². The second kappa shape index (κ2) is 8.60. The van der Waals surface area contributed by atoms with Crippen LogP contribution in [-0.4, -0.2) is 29.0 Å². The number of rotatable bonds is 6. The fraction of sp³-hybridized carbons (Fsp3) is 0.167. The molecule has 0 bridgehead atoms. The number of guanidine groups is 1. The molecule has 0 aliphatic carbocycles. The Kier molecular flexibility index (Phi) is 6.25. The van der Waals surface area contributed by atoms with Crippen molar-refractivity contribution in [1.29, 1.82) is 0 Å². The summed E-state index contributed by atoms with van der Waals surface area (Å²) in [5.41, 5.74) is 13.3. The van der Waals surface area contributed by atoms with E-state index in [0.717, 1.165) is 11.1 Å². The van der Waals surface area contributed by atoms with Gasteiger partial charge in [0.1, 0.15) is 6.04 Å². The van der Waals surface area contributed by atoms with Crippen molar-refractivity contribution in [2.75, 3.05) is 0 Å². The van der Waals surface area contributed by atoms with Gasteiger partial charge in [-0.1, -0.05) is 42.5 Å². The van der Waals surface area contributed by atoms with Gasteiger partial charge in [0, 0.05) is 5.56 Å². The maximum absolute atomic E-state index is 12.1. The van der Waals surface area contributed by atoms with Gasteiger partial charge in [-0.25, -0.2) is 4.99 Å². The summed E-state index contributed by atoms with van der Waals surface area (Å²) in [4.78, 5) is 27.0. The summed E-state index contributed by atoms with van der Waals surface area (Å²) in [7, 11) is 0. The quantitative estimate of drug-likeness (QED) is 0.458. The predicted octanol–water partition coefficient (Wildman–Crippen LogP) is 0.886. The molecule has 2 aromatic carbocycles. The number of benzene rings is 2. The maximum Gasteiger partial charge on any atom is 0.320 e.